The molecule has 4 heteroatoms. The maximum absolute atomic E-state index is 13.4. The van der Waals surface area contributed by atoms with Crippen LogP contribution in [0.5, 0.6) is 5.75 Å². The van der Waals surface area contributed by atoms with E-state index in [4.69, 9.17) is 10.5 Å². The van der Waals surface area contributed by atoms with E-state index in [0.717, 1.165) is 23.6 Å². The van der Waals surface area contributed by atoms with Gasteiger partial charge in [-0.3, -0.25) is 0 Å². The van der Waals surface area contributed by atoms with Crippen LogP contribution in [0.15, 0.2) is 42.5 Å². The molecule has 2 aromatic carbocycles. The van der Waals surface area contributed by atoms with Crippen molar-refractivity contribution in [2.45, 2.75) is 13.0 Å². The Labute approximate surface area is 110 Å². The number of halogens is 2. The monoisotopic (exact) mass is 263 g/mol. The van der Waals surface area contributed by atoms with Crippen molar-refractivity contribution in [1.29, 1.82) is 0 Å². The van der Waals surface area contributed by atoms with Crippen molar-refractivity contribution in [2.24, 2.45) is 5.73 Å². The Balaban J connectivity index is 2.12. The summed E-state index contributed by atoms with van der Waals surface area (Å²) in [4.78, 5) is 0. The molecule has 2 aromatic rings. The van der Waals surface area contributed by atoms with Gasteiger partial charge in [0.25, 0.3) is 0 Å². The predicted octanol–water partition coefficient (Wildman–Crippen LogP) is 3.05. The predicted molar refractivity (Wildman–Crippen MR) is 69.9 cm³/mol. The van der Waals surface area contributed by atoms with E-state index < -0.39 is 11.6 Å². The van der Waals surface area contributed by atoms with Gasteiger partial charge in [0.2, 0.25) is 5.82 Å². The van der Waals surface area contributed by atoms with E-state index in [9.17, 15) is 8.78 Å². The summed E-state index contributed by atoms with van der Waals surface area (Å²) in [5, 5.41) is 0. The number of benzene rings is 2. The second-order valence-electron chi connectivity index (χ2n) is 4.15. The Hall–Kier alpha value is -1.94. The van der Waals surface area contributed by atoms with Gasteiger partial charge in [-0.05, 0) is 36.2 Å². The van der Waals surface area contributed by atoms with Gasteiger partial charge >= 0.3 is 0 Å². The maximum Gasteiger partial charge on any atom is 0.200 e. The van der Waals surface area contributed by atoms with Crippen LogP contribution in [0.1, 0.15) is 11.1 Å². The van der Waals surface area contributed by atoms with Gasteiger partial charge in [0.15, 0.2) is 11.6 Å². The van der Waals surface area contributed by atoms with E-state index in [1.165, 1.54) is 12.1 Å². The molecule has 0 aliphatic carbocycles. The van der Waals surface area contributed by atoms with Crippen molar-refractivity contribution in [2.75, 3.05) is 6.54 Å². The Morgan fingerprint density at radius 3 is 2.42 bits per heavy atom. The van der Waals surface area contributed by atoms with E-state index in [1.54, 1.807) is 0 Å². The fourth-order valence-electron chi connectivity index (χ4n) is 1.85. The minimum absolute atomic E-state index is 0.0810. The lowest BCUT2D eigenvalue weighted by molar-refractivity contribution is 0.283. The van der Waals surface area contributed by atoms with Crippen LogP contribution in [-0.4, -0.2) is 6.54 Å². The summed E-state index contributed by atoms with van der Waals surface area (Å²) in [6, 6.07) is 11.5. The fraction of sp³-hybridized carbons (Fsp3) is 0.200. The molecule has 0 aliphatic rings. The molecule has 0 heterocycles. The van der Waals surface area contributed by atoms with Gasteiger partial charge in [0.05, 0.1) is 0 Å². The lowest BCUT2D eigenvalue weighted by Crippen LogP contribution is -2.07. The lowest BCUT2D eigenvalue weighted by atomic mass is 10.1. The summed E-state index contributed by atoms with van der Waals surface area (Å²) in [5.41, 5.74) is 7.51. The molecule has 2 N–H and O–H groups in total. The molecular weight excluding hydrogens is 248 g/mol. The third-order valence-corrected chi connectivity index (χ3v) is 2.83. The summed E-state index contributed by atoms with van der Waals surface area (Å²) in [5.74, 6) is -1.95. The SMILES string of the molecule is NCCc1ccccc1COc1cccc(F)c1F. The standard InChI is InChI=1S/C15H15F2NO/c16-13-6-3-7-14(15(13)17)19-10-12-5-2-1-4-11(12)8-9-18/h1-7H,8-10,18H2. The molecule has 0 aromatic heterocycles. The number of nitrogens with two attached hydrogens (primary N) is 1. The van der Waals surface area contributed by atoms with E-state index >= 15 is 0 Å². The molecule has 0 unspecified atom stereocenters. The zero-order valence-electron chi connectivity index (χ0n) is 10.4. The highest BCUT2D eigenvalue weighted by Gasteiger charge is 2.09. The van der Waals surface area contributed by atoms with Crippen molar-refractivity contribution in [3.05, 3.63) is 65.2 Å². The molecule has 0 saturated heterocycles. The van der Waals surface area contributed by atoms with Gasteiger partial charge in [-0.25, -0.2) is 4.39 Å². The quantitative estimate of drug-likeness (QED) is 0.899. The van der Waals surface area contributed by atoms with Crippen LogP contribution >= 0.6 is 0 Å². The molecule has 0 bridgehead atoms. The van der Waals surface area contributed by atoms with Crippen molar-refractivity contribution >= 4 is 0 Å². The van der Waals surface area contributed by atoms with Gasteiger partial charge in [0.1, 0.15) is 6.61 Å². The number of hydrogen-bond acceptors (Lipinski definition) is 2. The summed E-state index contributed by atoms with van der Waals surface area (Å²) >= 11 is 0. The molecule has 2 rings (SSSR count). The van der Waals surface area contributed by atoms with Gasteiger partial charge in [-0.2, -0.15) is 4.39 Å². The van der Waals surface area contributed by atoms with Crippen LogP contribution < -0.4 is 10.5 Å². The lowest BCUT2D eigenvalue weighted by Gasteiger charge is -2.11. The summed E-state index contributed by atoms with van der Waals surface area (Å²) in [6.45, 7) is 0.724. The van der Waals surface area contributed by atoms with E-state index in [2.05, 4.69) is 0 Å². The maximum atomic E-state index is 13.4. The average Bonchev–Trinajstić information content (AvgIpc) is 2.42. The van der Waals surface area contributed by atoms with Crippen molar-refractivity contribution in [3.8, 4) is 5.75 Å². The minimum atomic E-state index is -0.959. The first-order valence-electron chi connectivity index (χ1n) is 6.06. The Kier molecular flexibility index (Phi) is 4.47. The molecule has 0 radical (unpaired) electrons. The first-order valence-corrected chi connectivity index (χ1v) is 6.06. The number of rotatable bonds is 5. The van der Waals surface area contributed by atoms with Gasteiger partial charge in [0, 0.05) is 0 Å². The van der Waals surface area contributed by atoms with E-state index in [0.29, 0.717) is 6.54 Å². The number of ether oxygens (including phenoxy) is 1. The molecule has 0 aliphatic heterocycles. The van der Waals surface area contributed by atoms with E-state index in [-0.39, 0.29) is 12.4 Å². The Bertz CT molecular complexity index is 558. The van der Waals surface area contributed by atoms with Gasteiger partial charge < -0.3 is 10.5 Å². The highest BCUT2D eigenvalue weighted by molar-refractivity contribution is 5.29. The minimum Gasteiger partial charge on any atom is -0.486 e. The molecule has 0 fully saturated rings. The van der Waals surface area contributed by atoms with Crippen molar-refractivity contribution in [3.63, 3.8) is 0 Å². The molecule has 0 amide bonds. The van der Waals surface area contributed by atoms with Crippen LogP contribution in [0.3, 0.4) is 0 Å². The summed E-state index contributed by atoms with van der Waals surface area (Å²) in [6.07, 6.45) is 0.727. The second-order valence-corrected chi connectivity index (χ2v) is 4.15. The van der Waals surface area contributed by atoms with Crippen LogP contribution in [0.2, 0.25) is 0 Å². The molecule has 100 valence electrons. The van der Waals surface area contributed by atoms with Crippen LogP contribution in [0.25, 0.3) is 0 Å². The Morgan fingerprint density at radius 1 is 0.947 bits per heavy atom. The topological polar surface area (TPSA) is 35.2 Å². The highest BCUT2D eigenvalue weighted by atomic mass is 19.2. The van der Waals surface area contributed by atoms with E-state index in [1.807, 2.05) is 24.3 Å². The molecule has 19 heavy (non-hydrogen) atoms. The zero-order chi connectivity index (χ0) is 13.7. The van der Waals surface area contributed by atoms with Crippen LogP contribution in [0, 0.1) is 11.6 Å². The normalized spacial score (nSPS) is 10.5. The average molecular weight is 263 g/mol. The molecule has 2 nitrogen and oxygen atoms in total. The third kappa shape index (κ3) is 3.29. The largest absolute Gasteiger partial charge is 0.486 e. The third-order valence-electron chi connectivity index (χ3n) is 2.83. The van der Waals surface area contributed by atoms with Crippen LogP contribution in [0.4, 0.5) is 8.78 Å². The summed E-state index contributed by atoms with van der Waals surface area (Å²) < 4.78 is 31.8. The molecular formula is C15H15F2NO. The molecule has 0 atom stereocenters. The Morgan fingerprint density at radius 2 is 1.68 bits per heavy atom. The molecule has 0 spiro atoms. The highest BCUT2D eigenvalue weighted by Crippen LogP contribution is 2.21. The number of hydrogen-bond donors (Lipinski definition) is 1. The fourth-order valence-corrected chi connectivity index (χ4v) is 1.85. The van der Waals surface area contributed by atoms with Crippen molar-refractivity contribution in [1.82, 2.24) is 0 Å². The second kappa shape index (κ2) is 6.29. The zero-order valence-corrected chi connectivity index (χ0v) is 10.4. The van der Waals surface area contributed by atoms with Crippen LogP contribution in [-0.2, 0) is 13.0 Å². The van der Waals surface area contributed by atoms with Gasteiger partial charge in [-0.1, -0.05) is 30.3 Å². The first kappa shape index (κ1) is 13.5. The first-order chi connectivity index (χ1) is 9.22. The van der Waals surface area contributed by atoms with Crippen molar-refractivity contribution < 1.29 is 13.5 Å². The summed E-state index contributed by atoms with van der Waals surface area (Å²) in [7, 11) is 0. The molecule has 0 saturated carbocycles. The van der Waals surface area contributed by atoms with Gasteiger partial charge in [-0.15, -0.1) is 0 Å². The smallest absolute Gasteiger partial charge is 0.200 e.